The fourth-order valence-corrected chi connectivity index (χ4v) is 6.71. The minimum atomic E-state index is -3.65. The highest BCUT2D eigenvalue weighted by Crippen LogP contribution is 2.27. The summed E-state index contributed by atoms with van der Waals surface area (Å²) in [4.78, 5) is 8.36. The number of hydrogen-bond acceptors (Lipinski definition) is 5. The van der Waals surface area contributed by atoms with Crippen LogP contribution in [0.25, 0.3) is 0 Å². The van der Waals surface area contributed by atoms with Crippen molar-refractivity contribution < 1.29 is 18.1 Å². The Kier molecular flexibility index (Phi) is 7.74. The first-order valence-electron chi connectivity index (χ1n) is 12.0. The summed E-state index contributed by atoms with van der Waals surface area (Å²) in [5, 5.41) is 0. The van der Waals surface area contributed by atoms with E-state index in [9.17, 15) is 8.42 Å². The van der Waals surface area contributed by atoms with Crippen LogP contribution >= 0.6 is 0 Å². The van der Waals surface area contributed by atoms with Crippen molar-refractivity contribution in [2.75, 3.05) is 44.7 Å². The summed E-state index contributed by atoms with van der Waals surface area (Å²) in [6.07, 6.45) is 3.60. The van der Waals surface area contributed by atoms with Crippen LogP contribution in [-0.4, -0.2) is 53.2 Å². The maximum Gasteiger partial charge on any atom is 0.241 e. The number of nitrogens with one attached hydrogen (secondary N) is 2. The summed E-state index contributed by atoms with van der Waals surface area (Å²) < 4.78 is 35.2. The molecule has 8 heteroatoms. The van der Waals surface area contributed by atoms with E-state index in [4.69, 9.17) is 4.74 Å². The van der Waals surface area contributed by atoms with E-state index in [1.807, 2.05) is 69.4 Å². The molecule has 1 unspecified atom stereocenters. The molecule has 1 aliphatic heterocycles. The number of anilines is 1. The molecule has 2 heterocycles. The van der Waals surface area contributed by atoms with E-state index < -0.39 is 10.0 Å². The molecule has 0 radical (unpaired) electrons. The average molecular weight is 496 g/mol. The molecule has 7 nitrogen and oxygen atoms in total. The minimum Gasteiger partial charge on any atom is -0.495 e. The molecule has 0 spiro atoms. The number of ether oxygens (including phenoxy) is 1. The molecule has 0 saturated carbocycles. The molecule has 0 aliphatic carbocycles. The van der Waals surface area contributed by atoms with Gasteiger partial charge in [-0.1, -0.05) is 29.8 Å². The van der Waals surface area contributed by atoms with Gasteiger partial charge in [0.25, 0.3) is 0 Å². The molecule has 0 bridgehead atoms. The summed E-state index contributed by atoms with van der Waals surface area (Å²) >= 11 is 0. The average Bonchev–Trinajstić information content (AvgIpc) is 2.84. The number of methoxy groups -OCH3 is 1. The van der Waals surface area contributed by atoms with E-state index in [1.54, 1.807) is 13.3 Å². The quantitative estimate of drug-likeness (QED) is 0.502. The number of para-hydroxylation sites is 2. The lowest BCUT2D eigenvalue weighted by atomic mass is 10.1. The van der Waals surface area contributed by atoms with E-state index in [2.05, 4.69) is 20.7 Å². The SMILES string of the molecule is COc1ccccc1N1CC[NH+](C(CNS(=O)(=O)c2c(C)cc(C)cc2C)c2cccnc2)CC1. The van der Waals surface area contributed by atoms with Crippen LogP contribution in [0.15, 0.2) is 65.8 Å². The van der Waals surface area contributed by atoms with Gasteiger partial charge in [0.2, 0.25) is 10.0 Å². The van der Waals surface area contributed by atoms with Crippen molar-refractivity contribution in [3.8, 4) is 5.75 Å². The number of sulfonamides is 1. The monoisotopic (exact) mass is 495 g/mol. The maximum absolute atomic E-state index is 13.4. The van der Waals surface area contributed by atoms with Crippen LogP contribution in [0.2, 0.25) is 0 Å². The summed E-state index contributed by atoms with van der Waals surface area (Å²) in [5.74, 6) is 0.872. The molecule has 1 aromatic heterocycles. The fourth-order valence-electron chi connectivity index (χ4n) is 5.21. The molecule has 1 saturated heterocycles. The first-order chi connectivity index (χ1) is 16.8. The van der Waals surface area contributed by atoms with Crippen LogP contribution in [0.5, 0.6) is 5.75 Å². The molecular weight excluding hydrogens is 460 g/mol. The van der Waals surface area contributed by atoms with Gasteiger partial charge in [0, 0.05) is 18.0 Å². The van der Waals surface area contributed by atoms with Crippen LogP contribution in [-0.2, 0) is 10.0 Å². The first kappa shape index (κ1) is 25.2. The fraction of sp³-hybridized carbons (Fsp3) is 0.370. The van der Waals surface area contributed by atoms with Crippen LogP contribution in [0.3, 0.4) is 0 Å². The van der Waals surface area contributed by atoms with Gasteiger partial charge in [-0.2, -0.15) is 0 Å². The zero-order chi connectivity index (χ0) is 25.0. The molecular formula is C27H35N4O3S+. The van der Waals surface area contributed by atoms with Gasteiger partial charge in [0.1, 0.15) is 11.8 Å². The van der Waals surface area contributed by atoms with Crippen molar-refractivity contribution in [2.24, 2.45) is 0 Å². The smallest absolute Gasteiger partial charge is 0.241 e. The zero-order valence-corrected chi connectivity index (χ0v) is 21.7. The lowest BCUT2D eigenvalue weighted by Gasteiger charge is -2.38. The summed E-state index contributed by atoms with van der Waals surface area (Å²) in [6.45, 7) is 9.47. The highest BCUT2D eigenvalue weighted by atomic mass is 32.2. The number of hydrogen-bond donors (Lipinski definition) is 2. The molecule has 3 aromatic rings. The predicted octanol–water partition coefficient (Wildman–Crippen LogP) is 2.44. The lowest BCUT2D eigenvalue weighted by molar-refractivity contribution is -0.930. The third kappa shape index (κ3) is 5.66. The number of piperazine rings is 1. The summed E-state index contributed by atoms with van der Waals surface area (Å²) in [7, 11) is -1.96. The van der Waals surface area contributed by atoms with Crippen molar-refractivity contribution in [2.45, 2.75) is 31.7 Å². The van der Waals surface area contributed by atoms with Crippen molar-refractivity contribution in [1.82, 2.24) is 9.71 Å². The summed E-state index contributed by atoms with van der Waals surface area (Å²) in [5.41, 5.74) is 4.73. The van der Waals surface area contributed by atoms with Crippen LogP contribution < -0.4 is 19.3 Å². The maximum atomic E-state index is 13.4. The van der Waals surface area contributed by atoms with Crippen molar-refractivity contribution in [3.05, 3.63) is 83.2 Å². The Morgan fingerprint density at radius 3 is 2.37 bits per heavy atom. The predicted molar refractivity (Wildman–Crippen MR) is 139 cm³/mol. The minimum absolute atomic E-state index is 0.0376. The molecule has 4 rings (SSSR count). The highest BCUT2D eigenvalue weighted by Gasteiger charge is 2.31. The highest BCUT2D eigenvalue weighted by molar-refractivity contribution is 7.89. The van der Waals surface area contributed by atoms with E-state index in [-0.39, 0.29) is 6.04 Å². The Bertz CT molecular complexity index is 1230. The van der Waals surface area contributed by atoms with Gasteiger partial charge in [-0.3, -0.25) is 4.98 Å². The molecule has 0 amide bonds. The van der Waals surface area contributed by atoms with Crippen molar-refractivity contribution >= 4 is 15.7 Å². The second-order valence-corrected chi connectivity index (χ2v) is 10.9. The Balaban J connectivity index is 1.52. The van der Waals surface area contributed by atoms with Gasteiger partial charge in [-0.25, -0.2) is 13.1 Å². The number of aryl methyl sites for hydroxylation is 3. The topological polar surface area (TPSA) is 76.0 Å². The van der Waals surface area contributed by atoms with Crippen molar-refractivity contribution in [3.63, 3.8) is 0 Å². The van der Waals surface area contributed by atoms with Gasteiger partial charge in [0.05, 0.1) is 50.4 Å². The largest absolute Gasteiger partial charge is 0.495 e. The van der Waals surface area contributed by atoms with Gasteiger partial charge >= 0.3 is 0 Å². The number of quaternary nitrogens is 1. The number of benzene rings is 2. The zero-order valence-electron chi connectivity index (χ0n) is 20.9. The van der Waals surface area contributed by atoms with Crippen LogP contribution in [0.1, 0.15) is 28.3 Å². The Morgan fingerprint density at radius 2 is 1.74 bits per heavy atom. The number of pyridine rings is 1. The normalized spacial score (nSPS) is 15.7. The third-order valence-corrected chi connectivity index (χ3v) is 8.49. The molecule has 2 N–H and O–H groups in total. The van der Waals surface area contributed by atoms with Gasteiger partial charge in [0.15, 0.2) is 0 Å². The standard InChI is InChI=1S/C27H34N4O3S/c1-20-16-21(2)27(22(3)17-20)35(32,33)29-19-25(23-8-7-11-28-18-23)31-14-12-30(13-15-31)24-9-5-6-10-26(24)34-4/h5-11,16-18,25,29H,12-15,19H2,1-4H3/p+1. The first-order valence-corrected chi connectivity index (χ1v) is 13.5. The van der Waals surface area contributed by atoms with Gasteiger partial charge in [-0.05, 0) is 56.2 Å². The number of rotatable bonds is 8. The molecule has 1 atom stereocenters. The number of nitrogens with zero attached hydrogens (tertiary/aromatic N) is 2. The van der Waals surface area contributed by atoms with E-state index in [1.165, 1.54) is 4.90 Å². The summed E-state index contributed by atoms with van der Waals surface area (Å²) in [6, 6.07) is 15.8. The molecule has 1 fully saturated rings. The Hall–Kier alpha value is -2.94. The lowest BCUT2D eigenvalue weighted by Crippen LogP contribution is -3.15. The Labute approximate surface area is 208 Å². The van der Waals surface area contributed by atoms with E-state index >= 15 is 0 Å². The molecule has 1 aliphatic rings. The van der Waals surface area contributed by atoms with Crippen molar-refractivity contribution in [1.29, 1.82) is 0 Å². The molecule has 2 aromatic carbocycles. The number of aromatic nitrogens is 1. The van der Waals surface area contributed by atoms with Gasteiger partial charge in [-0.15, -0.1) is 0 Å². The van der Waals surface area contributed by atoms with E-state index in [0.717, 1.165) is 59.9 Å². The van der Waals surface area contributed by atoms with E-state index in [0.29, 0.717) is 11.4 Å². The molecule has 186 valence electrons. The third-order valence-electron chi connectivity index (χ3n) is 6.76. The second kappa shape index (κ2) is 10.8. The second-order valence-electron chi connectivity index (χ2n) is 9.24. The Morgan fingerprint density at radius 1 is 1.06 bits per heavy atom. The molecule has 35 heavy (non-hydrogen) atoms. The van der Waals surface area contributed by atoms with Crippen LogP contribution in [0, 0.1) is 20.8 Å². The van der Waals surface area contributed by atoms with Crippen LogP contribution in [0.4, 0.5) is 5.69 Å². The van der Waals surface area contributed by atoms with Gasteiger partial charge < -0.3 is 14.5 Å².